The Kier molecular flexibility index (Phi) is 5.92. The lowest BCUT2D eigenvalue weighted by Crippen LogP contribution is -2.19. The highest BCUT2D eigenvalue weighted by molar-refractivity contribution is 5.85. The fourth-order valence-corrected chi connectivity index (χ4v) is 3.63. The van der Waals surface area contributed by atoms with Crippen molar-refractivity contribution >= 4 is 11.5 Å². The molecule has 34 heavy (non-hydrogen) atoms. The van der Waals surface area contributed by atoms with Gasteiger partial charge in [0.15, 0.2) is 5.75 Å². The van der Waals surface area contributed by atoms with Gasteiger partial charge in [-0.25, -0.2) is 15.0 Å². The van der Waals surface area contributed by atoms with Gasteiger partial charge in [0.2, 0.25) is 11.9 Å². The number of rotatable bonds is 2. The highest BCUT2D eigenvalue weighted by Gasteiger charge is 2.16. The Morgan fingerprint density at radius 3 is 2.65 bits per heavy atom. The maximum Gasteiger partial charge on any atom is 0.220 e. The smallest absolute Gasteiger partial charge is 0.220 e. The first kappa shape index (κ1) is 21.6. The SMILES string of the molecule is NC1=Nc2cc(-c3ccnc(F)c3)ncc2Oc2ccc(-c3cccnc3F)cc2CCOC1. The van der Waals surface area contributed by atoms with Crippen molar-refractivity contribution in [2.24, 2.45) is 10.7 Å². The van der Waals surface area contributed by atoms with Crippen LogP contribution >= 0.6 is 0 Å². The molecule has 4 aromatic rings. The van der Waals surface area contributed by atoms with E-state index < -0.39 is 11.9 Å². The van der Waals surface area contributed by atoms with Gasteiger partial charge in [-0.1, -0.05) is 6.07 Å². The number of nitrogens with zero attached hydrogens (tertiary/aromatic N) is 4. The van der Waals surface area contributed by atoms with Crippen molar-refractivity contribution in [2.45, 2.75) is 6.42 Å². The fraction of sp³-hybridized carbons (Fsp3) is 0.120. The molecule has 0 saturated heterocycles. The largest absolute Gasteiger partial charge is 0.453 e. The molecule has 0 aliphatic carbocycles. The monoisotopic (exact) mass is 459 g/mol. The van der Waals surface area contributed by atoms with Crippen LogP contribution < -0.4 is 10.5 Å². The van der Waals surface area contributed by atoms with E-state index >= 15 is 0 Å². The third kappa shape index (κ3) is 4.60. The summed E-state index contributed by atoms with van der Waals surface area (Å²) in [6.07, 6.45) is 4.79. The zero-order valence-electron chi connectivity index (χ0n) is 17.9. The van der Waals surface area contributed by atoms with E-state index in [0.29, 0.717) is 52.6 Å². The van der Waals surface area contributed by atoms with Crippen LogP contribution in [0.5, 0.6) is 11.5 Å². The number of aliphatic imine (C=N–C) groups is 1. The Morgan fingerprint density at radius 1 is 0.882 bits per heavy atom. The number of fused-ring (bicyclic) bond motifs is 2. The second-order valence-electron chi connectivity index (χ2n) is 7.58. The summed E-state index contributed by atoms with van der Waals surface area (Å²) < 4.78 is 39.7. The Morgan fingerprint density at radius 2 is 1.79 bits per heavy atom. The zero-order chi connectivity index (χ0) is 23.5. The van der Waals surface area contributed by atoms with E-state index in [2.05, 4.69) is 19.9 Å². The molecule has 1 aliphatic heterocycles. The predicted octanol–water partition coefficient (Wildman–Crippen LogP) is 4.84. The van der Waals surface area contributed by atoms with Crippen LogP contribution in [0.4, 0.5) is 14.5 Å². The quantitative estimate of drug-likeness (QED) is 0.431. The molecule has 3 aromatic heterocycles. The number of amidine groups is 1. The minimum atomic E-state index is -0.613. The maximum atomic E-state index is 14.2. The van der Waals surface area contributed by atoms with E-state index in [1.165, 1.54) is 24.7 Å². The maximum absolute atomic E-state index is 14.2. The third-order valence-corrected chi connectivity index (χ3v) is 5.25. The summed E-state index contributed by atoms with van der Waals surface area (Å²) in [7, 11) is 0. The van der Waals surface area contributed by atoms with Crippen LogP contribution in [0.25, 0.3) is 22.4 Å². The predicted molar refractivity (Wildman–Crippen MR) is 123 cm³/mol. The van der Waals surface area contributed by atoms with Crippen molar-refractivity contribution in [2.75, 3.05) is 13.2 Å². The Hall–Kier alpha value is -4.24. The van der Waals surface area contributed by atoms with Crippen molar-refractivity contribution in [3.05, 3.63) is 84.6 Å². The van der Waals surface area contributed by atoms with Crippen molar-refractivity contribution < 1.29 is 18.3 Å². The number of aromatic nitrogens is 3. The molecule has 0 spiro atoms. The lowest BCUT2D eigenvalue weighted by atomic mass is 10.0. The Labute approximate surface area is 194 Å². The molecule has 0 radical (unpaired) electrons. The number of pyridine rings is 3. The van der Waals surface area contributed by atoms with Gasteiger partial charge in [-0.3, -0.25) is 4.98 Å². The number of hydrogen-bond acceptors (Lipinski definition) is 7. The lowest BCUT2D eigenvalue weighted by Gasteiger charge is -2.14. The summed E-state index contributed by atoms with van der Waals surface area (Å²) in [5, 5.41) is 0. The lowest BCUT2D eigenvalue weighted by molar-refractivity contribution is 0.174. The summed E-state index contributed by atoms with van der Waals surface area (Å²) in [6, 6.07) is 13.3. The van der Waals surface area contributed by atoms with Crippen molar-refractivity contribution in [1.82, 2.24) is 15.0 Å². The third-order valence-electron chi connectivity index (χ3n) is 5.25. The molecular weight excluding hydrogens is 440 g/mol. The molecule has 1 aliphatic rings. The number of halogens is 2. The van der Waals surface area contributed by atoms with Gasteiger partial charge in [0.1, 0.15) is 23.9 Å². The Bertz CT molecular complexity index is 1390. The Balaban J connectivity index is 1.57. The van der Waals surface area contributed by atoms with E-state index in [4.69, 9.17) is 15.2 Å². The summed E-state index contributed by atoms with van der Waals surface area (Å²) in [4.78, 5) is 16.2. The van der Waals surface area contributed by atoms with E-state index in [1.54, 1.807) is 36.4 Å². The molecule has 2 N–H and O–H groups in total. The normalized spacial score (nSPS) is 13.6. The molecule has 0 saturated carbocycles. The van der Waals surface area contributed by atoms with Gasteiger partial charge < -0.3 is 15.2 Å². The zero-order valence-corrected chi connectivity index (χ0v) is 17.9. The van der Waals surface area contributed by atoms with Gasteiger partial charge in [-0.2, -0.15) is 8.78 Å². The molecule has 0 unspecified atom stereocenters. The van der Waals surface area contributed by atoms with Crippen LogP contribution in [-0.4, -0.2) is 34.0 Å². The van der Waals surface area contributed by atoms with Gasteiger partial charge >= 0.3 is 0 Å². The van der Waals surface area contributed by atoms with Crippen LogP contribution in [-0.2, 0) is 11.2 Å². The second-order valence-corrected chi connectivity index (χ2v) is 7.58. The molecule has 9 heteroatoms. The van der Waals surface area contributed by atoms with Gasteiger partial charge in [0.25, 0.3) is 0 Å². The molecular formula is C25H19F2N5O2. The average molecular weight is 459 g/mol. The van der Waals surface area contributed by atoms with Crippen LogP contribution in [0.1, 0.15) is 5.56 Å². The van der Waals surface area contributed by atoms with E-state index in [-0.39, 0.29) is 12.4 Å². The average Bonchev–Trinajstić information content (AvgIpc) is 2.86. The summed E-state index contributed by atoms with van der Waals surface area (Å²) in [5.41, 5.74) is 9.37. The first-order valence-electron chi connectivity index (χ1n) is 10.5. The van der Waals surface area contributed by atoms with Gasteiger partial charge in [0.05, 0.1) is 18.5 Å². The number of nitrogens with two attached hydrogens (primary N) is 1. The highest BCUT2D eigenvalue weighted by atomic mass is 19.1. The topological polar surface area (TPSA) is 95.5 Å². The molecule has 0 atom stereocenters. The van der Waals surface area contributed by atoms with Gasteiger partial charge in [0, 0.05) is 29.6 Å². The van der Waals surface area contributed by atoms with Crippen LogP contribution in [0, 0.1) is 11.9 Å². The minimum absolute atomic E-state index is 0.118. The van der Waals surface area contributed by atoms with Gasteiger partial charge in [-0.05, 0) is 53.9 Å². The van der Waals surface area contributed by atoms with Crippen molar-refractivity contribution in [3.8, 4) is 33.9 Å². The standard InChI is InChI=1S/C25H19F2N5O2/c26-23-11-16(5-8-29-23)19-12-20-22(13-31-19)34-21-4-3-15(18-2-1-7-30-25(18)27)10-17(21)6-9-33-14-24(28)32-20/h1-5,7-8,10-13H,6,9,14H2,(H2,28,32). The number of hydrogen-bond donors (Lipinski definition) is 1. The van der Waals surface area contributed by atoms with E-state index in [1.807, 2.05) is 6.07 Å². The van der Waals surface area contributed by atoms with E-state index in [9.17, 15) is 8.78 Å². The molecule has 170 valence electrons. The van der Waals surface area contributed by atoms with Crippen molar-refractivity contribution in [1.29, 1.82) is 0 Å². The molecule has 4 heterocycles. The number of benzene rings is 1. The molecule has 0 fully saturated rings. The van der Waals surface area contributed by atoms with Crippen LogP contribution in [0.15, 0.2) is 72.1 Å². The van der Waals surface area contributed by atoms with Crippen LogP contribution in [0.2, 0.25) is 0 Å². The first-order valence-corrected chi connectivity index (χ1v) is 10.5. The molecule has 5 rings (SSSR count). The first-order chi connectivity index (χ1) is 16.6. The molecule has 0 amide bonds. The van der Waals surface area contributed by atoms with Gasteiger partial charge in [-0.15, -0.1) is 0 Å². The number of ether oxygens (including phenoxy) is 2. The molecule has 0 bridgehead atoms. The van der Waals surface area contributed by atoms with Crippen molar-refractivity contribution in [3.63, 3.8) is 0 Å². The summed E-state index contributed by atoms with van der Waals surface area (Å²) in [6.45, 7) is 0.481. The fourth-order valence-electron chi connectivity index (χ4n) is 3.63. The van der Waals surface area contributed by atoms with Crippen LogP contribution in [0.3, 0.4) is 0 Å². The molecule has 1 aromatic carbocycles. The summed E-state index contributed by atoms with van der Waals surface area (Å²) in [5.74, 6) is 0.0140. The molecule has 7 nitrogen and oxygen atoms in total. The summed E-state index contributed by atoms with van der Waals surface area (Å²) >= 11 is 0. The minimum Gasteiger partial charge on any atom is -0.453 e. The second kappa shape index (κ2) is 9.32. The van der Waals surface area contributed by atoms with E-state index in [0.717, 1.165) is 5.56 Å². The highest BCUT2D eigenvalue weighted by Crippen LogP contribution is 2.37.